The number of benzene rings is 1. The van der Waals surface area contributed by atoms with Crippen LogP contribution < -0.4 is 5.32 Å². The number of nitrogens with one attached hydrogen (secondary N) is 1. The highest BCUT2D eigenvalue weighted by molar-refractivity contribution is 7.99. The number of hydrogen-bond donors (Lipinski definition) is 1. The van der Waals surface area contributed by atoms with Crippen molar-refractivity contribution in [3.05, 3.63) is 34.6 Å². The maximum atomic E-state index is 13.4. The van der Waals surface area contributed by atoms with Crippen molar-refractivity contribution in [3.63, 3.8) is 0 Å². The van der Waals surface area contributed by atoms with Crippen LogP contribution in [0.4, 0.5) is 4.39 Å². The molecule has 1 rings (SSSR count). The Morgan fingerprint density at radius 3 is 2.72 bits per heavy atom. The van der Waals surface area contributed by atoms with E-state index >= 15 is 0 Å². The van der Waals surface area contributed by atoms with Crippen molar-refractivity contribution in [3.8, 4) is 0 Å². The molecule has 0 heterocycles. The van der Waals surface area contributed by atoms with Gasteiger partial charge in [-0.2, -0.15) is 11.8 Å². The molecule has 0 amide bonds. The molecule has 0 saturated heterocycles. The van der Waals surface area contributed by atoms with Crippen LogP contribution in [-0.2, 0) is 6.42 Å². The highest BCUT2D eigenvalue weighted by Gasteiger charge is 2.13. The van der Waals surface area contributed by atoms with Crippen LogP contribution in [0.1, 0.15) is 26.3 Å². The fraction of sp³-hybridized carbons (Fsp3) is 0.571. The van der Waals surface area contributed by atoms with Gasteiger partial charge in [0, 0.05) is 11.8 Å². The molecular weight excluding hydrogens is 269 g/mol. The van der Waals surface area contributed by atoms with Gasteiger partial charge in [-0.25, -0.2) is 4.39 Å². The van der Waals surface area contributed by atoms with Gasteiger partial charge >= 0.3 is 0 Å². The van der Waals surface area contributed by atoms with Crippen LogP contribution in [0, 0.1) is 5.82 Å². The van der Waals surface area contributed by atoms with Crippen molar-refractivity contribution in [2.75, 3.05) is 12.3 Å². The summed E-state index contributed by atoms with van der Waals surface area (Å²) in [7, 11) is 0. The van der Waals surface area contributed by atoms with Gasteiger partial charge in [-0.3, -0.25) is 0 Å². The molecule has 1 aromatic rings. The minimum Gasteiger partial charge on any atom is -0.313 e. The minimum atomic E-state index is -0.332. The van der Waals surface area contributed by atoms with E-state index in [1.165, 1.54) is 6.07 Å². The molecule has 0 saturated carbocycles. The summed E-state index contributed by atoms with van der Waals surface area (Å²) in [5, 5.41) is 4.30. The second-order valence-electron chi connectivity index (χ2n) is 4.55. The molecule has 0 spiro atoms. The van der Waals surface area contributed by atoms with Crippen LogP contribution in [0.2, 0.25) is 5.02 Å². The third-order valence-corrected chi connectivity index (χ3v) is 4.31. The van der Waals surface area contributed by atoms with Crippen LogP contribution in [-0.4, -0.2) is 23.6 Å². The fourth-order valence-electron chi connectivity index (χ4n) is 1.76. The Labute approximate surface area is 118 Å². The van der Waals surface area contributed by atoms with E-state index in [2.05, 4.69) is 26.1 Å². The summed E-state index contributed by atoms with van der Waals surface area (Å²) in [5.41, 5.74) is 0.881. The Hall–Kier alpha value is -0.250. The summed E-state index contributed by atoms with van der Waals surface area (Å²) in [4.78, 5) is 0. The molecule has 18 heavy (non-hydrogen) atoms. The number of thioether (sulfide) groups is 1. The van der Waals surface area contributed by atoms with Crippen LogP contribution in [0.3, 0.4) is 0 Å². The fourth-order valence-corrected chi connectivity index (χ4v) is 2.81. The van der Waals surface area contributed by atoms with E-state index in [9.17, 15) is 4.39 Å². The lowest BCUT2D eigenvalue weighted by Crippen LogP contribution is -2.33. The zero-order valence-corrected chi connectivity index (χ0v) is 12.7. The predicted molar refractivity (Wildman–Crippen MR) is 80.2 cm³/mol. The first-order valence-electron chi connectivity index (χ1n) is 6.32. The molecule has 1 nitrogen and oxygen atoms in total. The Morgan fingerprint density at radius 1 is 1.39 bits per heavy atom. The molecule has 1 aromatic carbocycles. The molecule has 0 aliphatic rings. The van der Waals surface area contributed by atoms with E-state index in [1.54, 1.807) is 6.07 Å². The van der Waals surface area contributed by atoms with E-state index < -0.39 is 0 Å². The van der Waals surface area contributed by atoms with Gasteiger partial charge in [-0.15, -0.1) is 0 Å². The first-order chi connectivity index (χ1) is 8.54. The molecule has 0 bridgehead atoms. The zero-order valence-electron chi connectivity index (χ0n) is 11.2. The van der Waals surface area contributed by atoms with Crippen molar-refractivity contribution in [1.82, 2.24) is 5.32 Å². The summed E-state index contributed by atoms with van der Waals surface area (Å²) < 4.78 is 13.4. The molecule has 0 fully saturated rings. The largest absolute Gasteiger partial charge is 0.313 e. The molecule has 102 valence electrons. The molecule has 0 aliphatic heterocycles. The molecule has 1 unspecified atom stereocenters. The van der Waals surface area contributed by atoms with Gasteiger partial charge in [0.2, 0.25) is 0 Å². The predicted octanol–water partition coefficient (Wildman–Crippen LogP) is 4.14. The number of likely N-dealkylation sites (N-methyl/N-ethyl adjacent to an activating group) is 1. The minimum absolute atomic E-state index is 0.259. The Balaban J connectivity index is 2.67. The summed E-state index contributed by atoms with van der Waals surface area (Å²) in [5.74, 6) is 0.680. The van der Waals surface area contributed by atoms with Gasteiger partial charge in [0.15, 0.2) is 0 Å². The number of hydrogen-bond acceptors (Lipinski definition) is 2. The van der Waals surface area contributed by atoms with E-state index in [1.807, 2.05) is 17.8 Å². The van der Waals surface area contributed by atoms with Gasteiger partial charge in [0.25, 0.3) is 0 Å². The first-order valence-corrected chi connectivity index (χ1v) is 7.75. The molecule has 0 radical (unpaired) electrons. The second-order valence-corrected chi connectivity index (χ2v) is 6.54. The van der Waals surface area contributed by atoms with Crippen molar-refractivity contribution < 1.29 is 4.39 Å². The zero-order chi connectivity index (χ0) is 13.5. The van der Waals surface area contributed by atoms with Gasteiger partial charge < -0.3 is 5.32 Å². The normalized spacial score (nSPS) is 13.0. The van der Waals surface area contributed by atoms with Crippen LogP contribution in [0.25, 0.3) is 0 Å². The quantitative estimate of drug-likeness (QED) is 0.809. The van der Waals surface area contributed by atoms with E-state index in [-0.39, 0.29) is 10.8 Å². The van der Waals surface area contributed by atoms with E-state index in [0.29, 0.717) is 11.3 Å². The second kappa shape index (κ2) is 8.03. The molecule has 1 N–H and O–H groups in total. The maximum Gasteiger partial charge on any atom is 0.142 e. The van der Waals surface area contributed by atoms with Crippen molar-refractivity contribution in [1.29, 1.82) is 0 Å². The van der Waals surface area contributed by atoms with Crippen molar-refractivity contribution >= 4 is 23.4 Å². The number of rotatable bonds is 7. The molecule has 1 atom stereocenters. The Morgan fingerprint density at radius 2 is 2.11 bits per heavy atom. The standard InChI is InChI=1S/C14H21ClFNS/c1-4-17-12(9-18-10(2)3)8-11-6-5-7-13(16)14(11)15/h5-7,10,12,17H,4,8-9H2,1-3H3. The molecule has 0 aromatic heterocycles. The monoisotopic (exact) mass is 289 g/mol. The number of halogens is 2. The highest BCUT2D eigenvalue weighted by Crippen LogP contribution is 2.22. The molecule has 4 heteroatoms. The SMILES string of the molecule is CCNC(CSC(C)C)Cc1cccc(F)c1Cl. The average molecular weight is 290 g/mol. The van der Waals surface area contributed by atoms with Crippen molar-refractivity contribution in [2.45, 2.75) is 38.5 Å². The van der Waals surface area contributed by atoms with Crippen LogP contribution in [0.5, 0.6) is 0 Å². The first kappa shape index (κ1) is 15.8. The third-order valence-electron chi connectivity index (χ3n) is 2.62. The van der Waals surface area contributed by atoms with Crippen LogP contribution >= 0.6 is 23.4 Å². The Kier molecular flexibility index (Phi) is 7.05. The lowest BCUT2D eigenvalue weighted by molar-refractivity contribution is 0.568. The Bertz CT molecular complexity index is 371. The smallest absolute Gasteiger partial charge is 0.142 e. The molecule has 0 aliphatic carbocycles. The van der Waals surface area contributed by atoms with Gasteiger partial charge in [-0.1, -0.05) is 44.5 Å². The topological polar surface area (TPSA) is 12.0 Å². The van der Waals surface area contributed by atoms with E-state index in [0.717, 1.165) is 24.3 Å². The average Bonchev–Trinajstić information content (AvgIpc) is 2.32. The summed E-state index contributed by atoms with van der Waals surface area (Å²) in [6.45, 7) is 7.36. The van der Waals surface area contributed by atoms with E-state index in [4.69, 9.17) is 11.6 Å². The lowest BCUT2D eigenvalue weighted by Gasteiger charge is -2.19. The van der Waals surface area contributed by atoms with Gasteiger partial charge in [0.1, 0.15) is 5.82 Å². The molecular formula is C14H21ClFNS. The van der Waals surface area contributed by atoms with Gasteiger partial charge in [-0.05, 0) is 29.8 Å². The summed E-state index contributed by atoms with van der Waals surface area (Å²) in [6, 6.07) is 5.35. The highest BCUT2D eigenvalue weighted by atomic mass is 35.5. The lowest BCUT2D eigenvalue weighted by atomic mass is 10.1. The third kappa shape index (κ3) is 5.17. The van der Waals surface area contributed by atoms with Crippen molar-refractivity contribution in [2.24, 2.45) is 0 Å². The van der Waals surface area contributed by atoms with Crippen LogP contribution in [0.15, 0.2) is 18.2 Å². The summed E-state index contributed by atoms with van der Waals surface area (Å²) >= 11 is 7.90. The maximum absolute atomic E-state index is 13.4. The summed E-state index contributed by atoms with van der Waals surface area (Å²) in [6.07, 6.45) is 0.768. The van der Waals surface area contributed by atoms with Gasteiger partial charge in [0.05, 0.1) is 5.02 Å².